The number of halogens is 4. The molecule has 0 amide bonds. The predicted molar refractivity (Wildman–Crippen MR) is 35.3 cm³/mol. The number of benzene rings is 1. The third-order valence-corrected chi connectivity index (χ3v) is 1.16. The first-order chi connectivity index (χ1) is 3.79. The molecule has 0 saturated carbocycles. The molecule has 0 unspecified atom stereocenters. The van der Waals surface area contributed by atoms with Crippen molar-refractivity contribution in [2.75, 3.05) is 0 Å². The second kappa shape index (κ2) is 9.18. The average Bonchev–Trinajstić information content (AvgIpc) is 1.64. The predicted octanol–water partition coefficient (Wildman–Crippen LogP) is -3.20. The Morgan fingerprint density at radius 1 is 1.00 bits per heavy atom. The van der Waals surface area contributed by atoms with Gasteiger partial charge in [0.2, 0.25) is 0 Å². The van der Waals surface area contributed by atoms with E-state index in [-0.39, 0.29) is 46.5 Å². The average molecular weight is 265 g/mol. The summed E-state index contributed by atoms with van der Waals surface area (Å²) in [6.45, 7) is 0. The Morgan fingerprint density at radius 2 is 1.36 bits per heavy atom. The first-order valence-corrected chi connectivity index (χ1v) is 2.88. The molecule has 5 heteroatoms. The van der Waals surface area contributed by atoms with Crippen molar-refractivity contribution >= 4 is 23.2 Å². The molecule has 59 valence electrons. The van der Waals surface area contributed by atoms with Crippen LogP contribution in [0.1, 0.15) is 0 Å². The standard InChI is InChI=1S/C6H3Cl2.2ClH.Ti/c7-5-2-1-3-6(8)4-5;;;/h1-3H;2*1H;/q-1;;;+3/p-2. The minimum atomic E-state index is 0. The van der Waals surface area contributed by atoms with Crippen molar-refractivity contribution in [3.63, 3.8) is 0 Å². The molecule has 1 radical (unpaired) electrons. The van der Waals surface area contributed by atoms with Crippen molar-refractivity contribution in [3.8, 4) is 0 Å². The van der Waals surface area contributed by atoms with Gasteiger partial charge in [-0.1, -0.05) is 10.0 Å². The Balaban J connectivity index is -0.000000213. The molecule has 11 heavy (non-hydrogen) atoms. The summed E-state index contributed by atoms with van der Waals surface area (Å²) in [7, 11) is 0. The van der Waals surface area contributed by atoms with Gasteiger partial charge in [-0.3, -0.25) is 0 Å². The maximum Gasteiger partial charge on any atom is 3.00 e. The van der Waals surface area contributed by atoms with E-state index in [0.29, 0.717) is 10.0 Å². The van der Waals surface area contributed by atoms with Gasteiger partial charge in [0.05, 0.1) is 0 Å². The van der Waals surface area contributed by atoms with Crippen molar-refractivity contribution < 1.29 is 46.5 Å². The molecule has 0 heterocycles. The fourth-order valence-electron chi connectivity index (χ4n) is 0.414. The van der Waals surface area contributed by atoms with Gasteiger partial charge in [0.15, 0.2) is 0 Å². The van der Waals surface area contributed by atoms with Gasteiger partial charge in [-0.15, -0.1) is 29.3 Å². The summed E-state index contributed by atoms with van der Waals surface area (Å²) in [5, 5.41) is 1.11. The van der Waals surface area contributed by atoms with Crippen molar-refractivity contribution in [3.05, 3.63) is 34.3 Å². The molecule has 0 nitrogen and oxygen atoms in total. The number of hydrogen-bond donors (Lipinski definition) is 0. The van der Waals surface area contributed by atoms with Gasteiger partial charge in [0.25, 0.3) is 0 Å². The van der Waals surface area contributed by atoms with Crippen LogP contribution in [0.2, 0.25) is 10.0 Å². The van der Waals surface area contributed by atoms with Crippen molar-refractivity contribution in [2.45, 2.75) is 0 Å². The number of hydrogen-bond acceptors (Lipinski definition) is 0. The van der Waals surface area contributed by atoms with Gasteiger partial charge < -0.3 is 24.8 Å². The van der Waals surface area contributed by atoms with Crippen LogP contribution in [0.4, 0.5) is 0 Å². The maximum atomic E-state index is 5.50. The second-order valence-corrected chi connectivity index (χ2v) is 2.16. The van der Waals surface area contributed by atoms with Crippen LogP contribution in [0, 0.1) is 6.07 Å². The van der Waals surface area contributed by atoms with Gasteiger partial charge in [-0.05, 0) is 0 Å². The van der Waals surface area contributed by atoms with Crippen LogP contribution in [0.15, 0.2) is 18.2 Å². The van der Waals surface area contributed by atoms with E-state index >= 15 is 0 Å². The largest absolute Gasteiger partial charge is 3.00 e. The molecular formula is C6H3Cl4Ti. The molecule has 1 aromatic rings. The van der Waals surface area contributed by atoms with Crippen molar-refractivity contribution in [1.29, 1.82) is 0 Å². The zero-order valence-corrected chi connectivity index (χ0v) is 9.83. The summed E-state index contributed by atoms with van der Waals surface area (Å²) in [5.41, 5.74) is 0. The van der Waals surface area contributed by atoms with E-state index in [0.717, 1.165) is 0 Å². The third-order valence-electron chi connectivity index (χ3n) is 0.724. The Kier molecular flexibility index (Phi) is 15.0. The van der Waals surface area contributed by atoms with E-state index in [4.69, 9.17) is 23.2 Å². The first-order valence-electron chi connectivity index (χ1n) is 2.12. The summed E-state index contributed by atoms with van der Waals surface area (Å²) >= 11 is 11.0. The molecular weight excluding hydrogens is 262 g/mol. The van der Waals surface area contributed by atoms with Gasteiger partial charge >= 0.3 is 21.7 Å². The Morgan fingerprint density at radius 3 is 1.55 bits per heavy atom. The quantitative estimate of drug-likeness (QED) is 0.342. The van der Waals surface area contributed by atoms with E-state index in [1.165, 1.54) is 0 Å². The zero-order chi connectivity index (χ0) is 5.98. The van der Waals surface area contributed by atoms with Crippen LogP contribution in [-0.4, -0.2) is 0 Å². The SMILES string of the molecule is Clc1[c-]c(Cl)ccc1.[Cl-].[Cl-].[Ti+3]. The molecule has 0 atom stereocenters. The van der Waals surface area contributed by atoms with E-state index in [1.807, 2.05) is 0 Å². The molecule has 1 rings (SSSR count). The van der Waals surface area contributed by atoms with Crippen LogP contribution in [-0.2, 0) is 21.7 Å². The smallest absolute Gasteiger partial charge is 1.00 e. The molecule has 0 saturated heterocycles. The summed E-state index contributed by atoms with van der Waals surface area (Å²) < 4.78 is 0. The summed E-state index contributed by atoms with van der Waals surface area (Å²) in [5.74, 6) is 0. The molecule has 1 aromatic carbocycles. The zero-order valence-electron chi connectivity index (χ0n) is 5.24. The minimum absolute atomic E-state index is 0. The Labute approximate surface area is 103 Å². The van der Waals surface area contributed by atoms with Gasteiger partial charge in [-0.2, -0.15) is 18.2 Å². The molecule has 0 aromatic heterocycles. The minimum Gasteiger partial charge on any atom is -1.00 e. The fraction of sp³-hybridized carbons (Fsp3) is 0. The summed E-state index contributed by atoms with van der Waals surface area (Å²) in [4.78, 5) is 0. The monoisotopic (exact) mass is 263 g/mol. The summed E-state index contributed by atoms with van der Waals surface area (Å²) in [6.07, 6.45) is 0. The van der Waals surface area contributed by atoms with Crippen LogP contribution in [0.5, 0.6) is 0 Å². The van der Waals surface area contributed by atoms with Gasteiger partial charge in [0, 0.05) is 0 Å². The van der Waals surface area contributed by atoms with E-state index in [1.54, 1.807) is 18.2 Å². The van der Waals surface area contributed by atoms with Crippen LogP contribution >= 0.6 is 23.2 Å². The molecule has 0 bridgehead atoms. The molecule has 0 spiro atoms. The van der Waals surface area contributed by atoms with Crippen molar-refractivity contribution in [1.82, 2.24) is 0 Å². The van der Waals surface area contributed by atoms with E-state index in [2.05, 4.69) is 6.07 Å². The molecule has 0 N–H and O–H groups in total. The third kappa shape index (κ3) is 7.45. The van der Waals surface area contributed by atoms with Crippen LogP contribution in [0.3, 0.4) is 0 Å². The fourth-order valence-corrected chi connectivity index (χ4v) is 0.812. The molecule has 0 aliphatic carbocycles. The molecule has 0 aliphatic rings. The van der Waals surface area contributed by atoms with Crippen molar-refractivity contribution in [2.24, 2.45) is 0 Å². The van der Waals surface area contributed by atoms with E-state index in [9.17, 15) is 0 Å². The van der Waals surface area contributed by atoms with E-state index < -0.39 is 0 Å². The normalized spacial score (nSPS) is 6.73. The first kappa shape index (κ1) is 18.0. The Hall–Kier alpha value is 1.09. The van der Waals surface area contributed by atoms with Gasteiger partial charge in [0.1, 0.15) is 0 Å². The molecule has 0 aliphatic heterocycles. The van der Waals surface area contributed by atoms with Crippen LogP contribution in [0.25, 0.3) is 0 Å². The second-order valence-electron chi connectivity index (χ2n) is 1.35. The van der Waals surface area contributed by atoms with Gasteiger partial charge in [-0.25, -0.2) is 0 Å². The maximum absolute atomic E-state index is 5.50. The van der Waals surface area contributed by atoms with Crippen LogP contribution < -0.4 is 24.8 Å². The number of rotatable bonds is 0. The Bertz CT molecular complexity index is 174. The topological polar surface area (TPSA) is 0 Å². The summed E-state index contributed by atoms with van der Waals surface area (Å²) in [6, 6.07) is 7.94. The molecule has 0 fully saturated rings.